The lowest BCUT2D eigenvalue weighted by molar-refractivity contribution is 0.0601. The average molecular weight is 383 g/mol. The summed E-state index contributed by atoms with van der Waals surface area (Å²) in [5, 5.41) is 7.89. The Morgan fingerprint density at radius 3 is 2.60 bits per heavy atom. The van der Waals surface area contributed by atoms with Crippen molar-refractivity contribution in [1.82, 2.24) is 5.32 Å². The summed E-state index contributed by atoms with van der Waals surface area (Å²) in [6.45, 7) is 3.12. The number of carbonyl (C=O) groups is 1. The molecule has 0 saturated heterocycles. The minimum Gasteiger partial charge on any atom is -0.465 e. The molecule has 2 N–H and O–H groups in total. The predicted octanol–water partition coefficient (Wildman–Crippen LogP) is 5.06. The van der Waals surface area contributed by atoms with Crippen LogP contribution in [0.5, 0.6) is 0 Å². The van der Waals surface area contributed by atoms with Gasteiger partial charge in [0.15, 0.2) is 5.11 Å². The third-order valence-corrected chi connectivity index (χ3v) is 6.06. The molecular weight excluding hydrogens is 352 g/mol. The van der Waals surface area contributed by atoms with Gasteiger partial charge in [0, 0.05) is 11.4 Å². The summed E-state index contributed by atoms with van der Waals surface area (Å²) < 4.78 is 4.96. The highest BCUT2D eigenvalue weighted by Gasteiger charge is 2.27. The summed E-state index contributed by atoms with van der Waals surface area (Å²) in [5.41, 5.74) is 1.83. The molecule has 0 spiro atoms. The van der Waals surface area contributed by atoms with Crippen LogP contribution in [0.25, 0.3) is 0 Å². The highest BCUT2D eigenvalue weighted by Crippen LogP contribution is 2.39. The van der Waals surface area contributed by atoms with Crippen molar-refractivity contribution < 1.29 is 9.53 Å². The van der Waals surface area contributed by atoms with E-state index in [1.165, 1.54) is 50.5 Å². The number of nitrogens with one attached hydrogen (secondary N) is 2. The predicted molar refractivity (Wildman–Crippen MR) is 110 cm³/mol. The standard InChI is InChI=1S/C19H30N2O2S2/c1-3-4-5-6-7-8-9-13-20-19(24)21-17-16(18(22)23-2)14-11-10-12-15(14)25-17/h3-13H2,1-2H3,(H2,20,21,24). The van der Waals surface area contributed by atoms with Crippen LogP contribution in [0.4, 0.5) is 5.00 Å². The largest absolute Gasteiger partial charge is 0.465 e. The third-order valence-electron chi connectivity index (χ3n) is 4.60. The van der Waals surface area contributed by atoms with Crippen LogP contribution < -0.4 is 10.6 Å². The second kappa shape index (κ2) is 10.8. The first-order chi connectivity index (χ1) is 12.2. The van der Waals surface area contributed by atoms with Crippen molar-refractivity contribution in [2.24, 2.45) is 0 Å². The van der Waals surface area contributed by atoms with E-state index >= 15 is 0 Å². The number of carbonyl (C=O) groups excluding carboxylic acids is 1. The van der Waals surface area contributed by atoms with Crippen LogP contribution >= 0.6 is 23.6 Å². The molecule has 0 aromatic carbocycles. The molecule has 1 aromatic rings. The van der Waals surface area contributed by atoms with Gasteiger partial charge in [-0.2, -0.15) is 0 Å². The number of anilines is 1. The van der Waals surface area contributed by atoms with Gasteiger partial charge in [-0.3, -0.25) is 0 Å². The van der Waals surface area contributed by atoms with Crippen molar-refractivity contribution in [1.29, 1.82) is 0 Å². The Labute approximate surface area is 160 Å². The Bertz CT molecular complexity index is 584. The molecule has 2 rings (SSSR count). The van der Waals surface area contributed by atoms with Crippen LogP contribution in [0.15, 0.2) is 0 Å². The zero-order valence-corrected chi connectivity index (χ0v) is 17.0. The van der Waals surface area contributed by atoms with E-state index in [1.54, 1.807) is 11.3 Å². The number of hydrogen-bond donors (Lipinski definition) is 2. The third kappa shape index (κ3) is 5.96. The van der Waals surface area contributed by atoms with E-state index in [2.05, 4.69) is 17.6 Å². The van der Waals surface area contributed by atoms with E-state index < -0.39 is 0 Å². The Morgan fingerprint density at radius 2 is 1.88 bits per heavy atom. The Hall–Kier alpha value is -1.14. The molecule has 1 aliphatic rings. The SMILES string of the molecule is CCCCCCCCCNC(=S)Nc1sc2c(c1C(=O)OC)CCC2. The molecule has 25 heavy (non-hydrogen) atoms. The Morgan fingerprint density at radius 1 is 1.16 bits per heavy atom. The number of aryl methyl sites for hydroxylation is 1. The molecule has 140 valence electrons. The monoisotopic (exact) mass is 382 g/mol. The van der Waals surface area contributed by atoms with Gasteiger partial charge < -0.3 is 15.4 Å². The zero-order valence-electron chi connectivity index (χ0n) is 15.4. The van der Waals surface area contributed by atoms with Gasteiger partial charge >= 0.3 is 5.97 Å². The van der Waals surface area contributed by atoms with Gasteiger partial charge in [-0.1, -0.05) is 45.4 Å². The fraction of sp³-hybridized carbons (Fsp3) is 0.684. The van der Waals surface area contributed by atoms with Crippen molar-refractivity contribution in [2.45, 2.75) is 71.1 Å². The van der Waals surface area contributed by atoms with Crippen LogP contribution in [0, 0.1) is 0 Å². The Kier molecular flexibility index (Phi) is 8.68. The zero-order chi connectivity index (χ0) is 18.1. The van der Waals surface area contributed by atoms with E-state index in [9.17, 15) is 4.79 Å². The molecule has 0 saturated carbocycles. The maximum Gasteiger partial charge on any atom is 0.341 e. The molecule has 0 amide bonds. The lowest BCUT2D eigenvalue weighted by Crippen LogP contribution is -2.29. The topological polar surface area (TPSA) is 50.4 Å². The first-order valence-corrected chi connectivity index (χ1v) is 10.7. The molecule has 1 aromatic heterocycles. The number of esters is 1. The Balaban J connectivity index is 1.75. The summed E-state index contributed by atoms with van der Waals surface area (Å²) in [7, 11) is 1.43. The number of thiocarbonyl (C=S) groups is 1. The molecule has 1 heterocycles. The molecule has 0 fully saturated rings. The van der Waals surface area contributed by atoms with Gasteiger partial charge in [-0.05, 0) is 43.5 Å². The number of methoxy groups -OCH3 is 1. The summed E-state index contributed by atoms with van der Waals surface area (Å²) in [4.78, 5) is 13.4. The van der Waals surface area contributed by atoms with Crippen molar-refractivity contribution in [2.75, 3.05) is 19.0 Å². The van der Waals surface area contributed by atoms with Gasteiger partial charge in [-0.25, -0.2) is 4.79 Å². The maximum atomic E-state index is 12.1. The van der Waals surface area contributed by atoms with E-state index in [4.69, 9.17) is 17.0 Å². The normalized spacial score (nSPS) is 12.7. The lowest BCUT2D eigenvalue weighted by atomic mass is 10.1. The van der Waals surface area contributed by atoms with E-state index in [0.717, 1.165) is 42.8 Å². The lowest BCUT2D eigenvalue weighted by Gasteiger charge is -2.11. The quantitative estimate of drug-likeness (QED) is 0.336. The number of thiophene rings is 1. The van der Waals surface area contributed by atoms with Gasteiger partial charge in [0.1, 0.15) is 5.00 Å². The highest BCUT2D eigenvalue weighted by atomic mass is 32.1. The average Bonchev–Trinajstić information content (AvgIpc) is 3.17. The van der Waals surface area contributed by atoms with Crippen molar-refractivity contribution in [3.63, 3.8) is 0 Å². The molecular formula is C19H30N2O2S2. The number of rotatable bonds is 10. The second-order valence-electron chi connectivity index (χ2n) is 6.56. The van der Waals surface area contributed by atoms with Crippen LogP contribution in [0.2, 0.25) is 0 Å². The van der Waals surface area contributed by atoms with Gasteiger partial charge in [0.2, 0.25) is 0 Å². The molecule has 0 unspecified atom stereocenters. The van der Waals surface area contributed by atoms with Crippen LogP contribution in [0.1, 0.15) is 79.1 Å². The molecule has 0 aliphatic heterocycles. The second-order valence-corrected chi connectivity index (χ2v) is 8.07. The molecule has 4 nitrogen and oxygen atoms in total. The first-order valence-electron chi connectivity index (χ1n) is 9.45. The first kappa shape index (κ1) is 20.2. The number of hydrogen-bond acceptors (Lipinski definition) is 4. The summed E-state index contributed by atoms with van der Waals surface area (Å²) in [6, 6.07) is 0. The van der Waals surface area contributed by atoms with Crippen molar-refractivity contribution in [3.05, 3.63) is 16.0 Å². The fourth-order valence-corrected chi connectivity index (χ4v) is 4.79. The van der Waals surface area contributed by atoms with Crippen molar-refractivity contribution in [3.8, 4) is 0 Å². The fourth-order valence-electron chi connectivity index (χ4n) is 3.24. The highest BCUT2D eigenvalue weighted by molar-refractivity contribution is 7.80. The number of ether oxygens (including phenoxy) is 1. The van der Waals surface area contributed by atoms with Gasteiger partial charge in [0.05, 0.1) is 12.7 Å². The van der Waals surface area contributed by atoms with Crippen LogP contribution in [-0.2, 0) is 17.6 Å². The molecule has 1 aliphatic carbocycles. The minimum absolute atomic E-state index is 0.267. The summed E-state index contributed by atoms with van der Waals surface area (Å²) >= 11 is 7.03. The molecule has 0 bridgehead atoms. The molecule has 6 heteroatoms. The smallest absolute Gasteiger partial charge is 0.341 e. The van der Waals surface area contributed by atoms with E-state index in [0.29, 0.717) is 10.7 Å². The van der Waals surface area contributed by atoms with Gasteiger partial charge in [-0.15, -0.1) is 11.3 Å². The number of fused-ring (bicyclic) bond motifs is 1. The van der Waals surface area contributed by atoms with E-state index in [1.807, 2.05) is 0 Å². The van der Waals surface area contributed by atoms with Gasteiger partial charge in [0.25, 0.3) is 0 Å². The van der Waals surface area contributed by atoms with Crippen LogP contribution in [0.3, 0.4) is 0 Å². The number of unbranched alkanes of at least 4 members (excludes halogenated alkanes) is 6. The minimum atomic E-state index is -0.267. The van der Waals surface area contributed by atoms with Crippen molar-refractivity contribution >= 4 is 39.6 Å². The van der Waals surface area contributed by atoms with Crippen LogP contribution in [-0.4, -0.2) is 24.7 Å². The maximum absolute atomic E-state index is 12.1. The summed E-state index contributed by atoms with van der Waals surface area (Å²) in [6.07, 6.45) is 12.1. The van der Waals surface area contributed by atoms with E-state index in [-0.39, 0.29) is 5.97 Å². The summed E-state index contributed by atoms with van der Waals surface area (Å²) in [5.74, 6) is -0.267. The molecule has 0 atom stereocenters. The molecule has 0 radical (unpaired) electrons.